The normalized spacial score (nSPS) is 52.5. The minimum Gasteiger partial charge on any atom is -0.390 e. The first-order chi connectivity index (χ1) is 14.2. The molecule has 3 N–H and O–H groups in total. The van der Waals surface area contributed by atoms with Crippen LogP contribution in [0.25, 0.3) is 0 Å². The summed E-state index contributed by atoms with van der Waals surface area (Å²) < 4.78 is 18.3. The summed E-state index contributed by atoms with van der Waals surface area (Å²) in [5.74, 6) is -2.17. The SMILES string of the molecule is C=C[C@@H]1[C@@](O)([C@@H]2C[C@@H]3COC(C)(C)O[C@@H]3[C@@]2(O)CC(=C)C)[C@H](C)C[C@H](O)[C@]12OC2(C)C. The van der Waals surface area contributed by atoms with Gasteiger partial charge in [0.05, 0.1) is 30.0 Å². The Bertz CT molecular complexity index is 776. The van der Waals surface area contributed by atoms with E-state index >= 15 is 0 Å². The second kappa shape index (κ2) is 6.87. The zero-order chi connectivity index (χ0) is 23.2. The van der Waals surface area contributed by atoms with Gasteiger partial charge < -0.3 is 29.5 Å². The Labute approximate surface area is 186 Å². The third-order valence-corrected chi connectivity index (χ3v) is 8.64. The summed E-state index contributed by atoms with van der Waals surface area (Å²) in [6, 6.07) is 0. The van der Waals surface area contributed by atoms with E-state index in [1.807, 2.05) is 41.5 Å². The molecular formula is C25H40O6. The van der Waals surface area contributed by atoms with E-state index in [1.165, 1.54) is 0 Å². The monoisotopic (exact) mass is 436 g/mol. The van der Waals surface area contributed by atoms with Crippen molar-refractivity contribution in [3.8, 4) is 0 Å². The van der Waals surface area contributed by atoms with Gasteiger partial charge in [0, 0.05) is 17.8 Å². The molecule has 4 aliphatic rings. The van der Waals surface area contributed by atoms with E-state index in [-0.39, 0.29) is 11.8 Å². The molecule has 2 heterocycles. The van der Waals surface area contributed by atoms with Crippen molar-refractivity contribution in [2.75, 3.05) is 6.61 Å². The summed E-state index contributed by atoms with van der Waals surface area (Å²) in [5.41, 5.74) is -3.31. The third-order valence-electron chi connectivity index (χ3n) is 8.64. The number of epoxide rings is 1. The molecule has 0 bridgehead atoms. The molecule has 6 nitrogen and oxygen atoms in total. The van der Waals surface area contributed by atoms with Gasteiger partial charge in [0.25, 0.3) is 0 Å². The highest BCUT2D eigenvalue weighted by molar-refractivity contribution is 5.31. The third kappa shape index (κ3) is 3.06. The van der Waals surface area contributed by atoms with Crippen LogP contribution in [0.15, 0.2) is 24.8 Å². The number of rotatable bonds is 4. The predicted molar refractivity (Wildman–Crippen MR) is 117 cm³/mol. The van der Waals surface area contributed by atoms with Gasteiger partial charge in [-0.2, -0.15) is 0 Å². The van der Waals surface area contributed by atoms with E-state index in [0.29, 0.717) is 25.9 Å². The summed E-state index contributed by atoms with van der Waals surface area (Å²) in [5, 5.41) is 35.8. The van der Waals surface area contributed by atoms with Crippen molar-refractivity contribution < 1.29 is 29.5 Å². The molecule has 31 heavy (non-hydrogen) atoms. The molecule has 2 saturated heterocycles. The lowest BCUT2D eigenvalue weighted by atomic mass is 9.53. The van der Waals surface area contributed by atoms with Gasteiger partial charge >= 0.3 is 0 Å². The maximum atomic E-state index is 12.5. The first-order valence-electron chi connectivity index (χ1n) is 11.6. The van der Waals surface area contributed by atoms with Crippen molar-refractivity contribution in [1.82, 2.24) is 0 Å². The largest absolute Gasteiger partial charge is 0.390 e. The fourth-order valence-electron chi connectivity index (χ4n) is 7.32. The zero-order valence-corrected chi connectivity index (χ0v) is 19.9. The predicted octanol–water partition coefficient (Wildman–Crippen LogP) is 2.95. The second-order valence-corrected chi connectivity index (χ2v) is 11.6. The number of aliphatic hydroxyl groups is 3. The number of hydrogen-bond donors (Lipinski definition) is 3. The second-order valence-electron chi connectivity index (χ2n) is 11.6. The maximum Gasteiger partial charge on any atom is 0.163 e. The Balaban J connectivity index is 1.82. The Morgan fingerprint density at radius 1 is 1.16 bits per heavy atom. The summed E-state index contributed by atoms with van der Waals surface area (Å²) in [4.78, 5) is 0. The van der Waals surface area contributed by atoms with Crippen LogP contribution in [0.5, 0.6) is 0 Å². The summed E-state index contributed by atoms with van der Waals surface area (Å²) >= 11 is 0. The van der Waals surface area contributed by atoms with Gasteiger partial charge in [0.1, 0.15) is 11.2 Å². The molecular weight excluding hydrogens is 396 g/mol. The van der Waals surface area contributed by atoms with E-state index < -0.39 is 52.2 Å². The minimum atomic E-state index is -1.33. The highest BCUT2D eigenvalue weighted by Gasteiger charge is 2.79. The van der Waals surface area contributed by atoms with Gasteiger partial charge in [-0.05, 0) is 59.8 Å². The van der Waals surface area contributed by atoms with Gasteiger partial charge in [0.2, 0.25) is 0 Å². The lowest BCUT2D eigenvalue weighted by Crippen LogP contribution is -2.68. The molecule has 4 fully saturated rings. The molecule has 2 aliphatic carbocycles. The Morgan fingerprint density at radius 3 is 2.29 bits per heavy atom. The number of ether oxygens (including phenoxy) is 3. The van der Waals surface area contributed by atoms with Crippen LogP contribution < -0.4 is 0 Å². The van der Waals surface area contributed by atoms with Crippen LogP contribution in [0.2, 0.25) is 0 Å². The maximum absolute atomic E-state index is 12.5. The van der Waals surface area contributed by atoms with E-state index in [1.54, 1.807) is 6.08 Å². The summed E-state index contributed by atoms with van der Waals surface area (Å²) in [6.07, 6.45) is 1.81. The lowest BCUT2D eigenvalue weighted by molar-refractivity contribution is -0.317. The summed E-state index contributed by atoms with van der Waals surface area (Å²) in [6.45, 7) is 20.0. The van der Waals surface area contributed by atoms with Crippen LogP contribution in [0.1, 0.15) is 60.8 Å². The number of hydrogen-bond acceptors (Lipinski definition) is 6. The topological polar surface area (TPSA) is 91.7 Å². The first kappa shape index (κ1) is 23.4. The minimum absolute atomic E-state index is 0.0417. The molecule has 2 aliphatic heterocycles. The molecule has 2 saturated carbocycles. The molecule has 6 heteroatoms. The Morgan fingerprint density at radius 2 is 1.77 bits per heavy atom. The lowest BCUT2D eigenvalue weighted by Gasteiger charge is -2.56. The van der Waals surface area contributed by atoms with E-state index in [2.05, 4.69) is 13.2 Å². The number of fused-ring (bicyclic) bond motifs is 1. The van der Waals surface area contributed by atoms with Crippen LogP contribution in [0.3, 0.4) is 0 Å². The Kier molecular flexibility index (Phi) is 5.19. The average molecular weight is 437 g/mol. The standard InChI is InChI=1S/C25H40O6/c1-9-17-24(28,15(4)10-19(26)25(17)21(5,6)31-25)18-11-16-13-29-22(7,8)30-20(16)23(18,27)12-14(2)3/h9,15-20,26-28H,1-2,10-13H2,3-8H3/t15-,16-,17-,18-,19+,20+,23-,24-,25-/m1/s1. The zero-order valence-electron chi connectivity index (χ0n) is 19.9. The number of aliphatic hydroxyl groups excluding tert-OH is 1. The van der Waals surface area contributed by atoms with E-state index in [9.17, 15) is 15.3 Å². The average Bonchev–Trinajstić information content (AvgIpc) is 3.09. The van der Waals surface area contributed by atoms with E-state index in [0.717, 1.165) is 5.57 Å². The molecule has 0 aromatic rings. The van der Waals surface area contributed by atoms with Crippen molar-refractivity contribution in [1.29, 1.82) is 0 Å². The highest BCUT2D eigenvalue weighted by atomic mass is 16.7. The molecule has 0 amide bonds. The van der Waals surface area contributed by atoms with Crippen LogP contribution in [0.4, 0.5) is 0 Å². The first-order valence-corrected chi connectivity index (χ1v) is 11.6. The smallest absolute Gasteiger partial charge is 0.163 e. The summed E-state index contributed by atoms with van der Waals surface area (Å²) in [7, 11) is 0. The molecule has 1 spiro atoms. The Hall–Kier alpha value is -0.760. The van der Waals surface area contributed by atoms with Crippen molar-refractivity contribution >= 4 is 0 Å². The van der Waals surface area contributed by atoms with Crippen LogP contribution >= 0.6 is 0 Å². The van der Waals surface area contributed by atoms with E-state index in [4.69, 9.17) is 14.2 Å². The van der Waals surface area contributed by atoms with Crippen molar-refractivity contribution in [2.45, 2.75) is 101 Å². The van der Waals surface area contributed by atoms with Crippen LogP contribution in [-0.2, 0) is 14.2 Å². The molecule has 0 radical (unpaired) electrons. The van der Waals surface area contributed by atoms with Gasteiger partial charge in [0.15, 0.2) is 5.79 Å². The van der Waals surface area contributed by atoms with Crippen molar-refractivity contribution in [3.05, 3.63) is 24.8 Å². The molecule has 0 unspecified atom stereocenters. The quantitative estimate of drug-likeness (QED) is 0.464. The molecule has 0 aromatic carbocycles. The fourth-order valence-corrected chi connectivity index (χ4v) is 7.32. The molecule has 4 rings (SSSR count). The van der Waals surface area contributed by atoms with Crippen LogP contribution in [0, 0.1) is 23.7 Å². The molecule has 0 aromatic heterocycles. The van der Waals surface area contributed by atoms with Crippen molar-refractivity contribution in [3.63, 3.8) is 0 Å². The highest BCUT2D eigenvalue weighted by Crippen LogP contribution is 2.67. The fraction of sp³-hybridized carbons (Fsp3) is 0.840. The van der Waals surface area contributed by atoms with Crippen LogP contribution in [-0.4, -0.2) is 62.3 Å². The van der Waals surface area contributed by atoms with Gasteiger partial charge in [-0.15, -0.1) is 13.2 Å². The molecule has 176 valence electrons. The van der Waals surface area contributed by atoms with Crippen molar-refractivity contribution in [2.24, 2.45) is 23.7 Å². The van der Waals surface area contributed by atoms with Gasteiger partial charge in [-0.3, -0.25) is 0 Å². The molecule has 9 atom stereocenters. The van der Waals surface area contributed by atoms with Gasteiger partial charge in [-0.25, -0.2) is 0 Å². The van der Waals surface area contributed by atoms with Gasteiger partial charge in [-0.1, -0.05) is 18.6 Å².